The van der Waals surface area contributed by atoms with Crippen molar-refractivity contribution in [1.82, 2.24) is 25.5 Å². The highest BCUT2D eigenvalue weighted by atomic mass is 19.1. The summed E-state index contributed by atoms with van der Waals surface area (Å²) in [7, 11) is 0. The van der Waals surface area contributed by atoms with Crippen molar-refractivity contribution in [2.75, 3.05) is 0 Å². The molecule has 3 aromatic rings. The number of nitrogens with zero attached hydrogens (tertiary/aromatic N) is 3. The van der Waals surface area contributed by atoms with Crippen LogP contribution in [-0.4, -0.2) is 32.6 Å². The van der Waals surface area contributed by atoms with E-state index in [1.165, 1.54) is 23.0 Å². The predicted molar refractivity (Wildman–Crippen MR) is 105 cm³/mol. The van der Waals surface area contributed by atoms with Crippen LogP contribution < -0.4 is 10.7 Å². The zero-order chi connectivity index (χ0) is 21.5. The Hall–Kier alpha value is -4.01. The topological polar surface area (TPSA) is 96.3 Å². The quantitative estimate of drug-likeness (QED) is 0.650. The van der Waals surface area contributed by atoms with E-state index in [1.807, 2.05) is 0 Å². The maximum absolute atomic E-state index is 14.1. The van der Waals surface area contributed by atoms with Gasteiger partial charge in [0.1, 0.15) is 17.0 Å². The third-order valence-corrected chi connectivity index (χ3v) is 5.09. The van der Waals surface area contributed by atoms with Crippen LogP contribution in [0.3, 0.4) is 0 Å². The smallest absolute Gasteiger partial charge is 0.318 e. The zero-order valence-corrected chi connectivity index (χ0v) is 16.2. The van der Waals surface area contributed by atoms with E-state index in [2.05, 4.69) is 15.8 Å². The summed E-state index contributed by atoms with van der Waals surface area (Å²) in [5.41, 5.74) is 2.25. The number of hydrazine groups is 1. The SMILES string of the molecule is Cc1c(C(=O)NN2C(=O)NC(C)(c3ccccc3)C2=O)cnn1-c1ccccc1F. The Bertz CT molecular complexity index is 1160. The maximum Gasteiger partial charge on any atom is 0.344 e. The number of benzene rings is 2. The van der Waals surface area contributed by atoms with Gasteiger partial charge in [0.05, 0.1) is 17.5 Å². The number of rotatable bonds is 4. The molecule has 1 aliphatic heterocycles. The van der Waals surface area contributed by atoms with Crippen molar-refractivity contribution in [1.29, 1.82) is 0 Å². The summed E-state index contributed by atoms with van der Waals surface area (Å²) in [6.07, 6.45) is 1.26. The minimum Gasteiger partial charge on any atom is -0.318 e. The summed E-state index contributed by atoms with van der Waals surface area (Å²) < 4.78 is 15.4. The highest BCUT2D eigenvalue weighted by Crippen LogP contribution is 2.28. The number of carbonyl (C=O) groups excluding carboxylic acids is 3. The fraction of sp³-hybridized carbons (Fsp3) is 0.143. The average molecular weight is 407 g/mol. The maximum atomic E-state index is 14.1. The van der Waals surface area contributed by atoms with E-state index in [0.717, 1.165) is 0 Å². The minimum absolute atomic E-state index is 0.104. The Kier molecular flexibility index (Phi) is 4.57. The van der Waals surface area contributed by atoms with Crippen molar-refractivity contribution in [3.63, 3.8) is 0 Å². The fourth-order valence-corrected chi connectivity index (χ4v) is 3.37. The molecule has 2 heterocycles. The van der Waals surface area contributed by atoms with Gasteiger partial charge in [-0.2, -0.15) is 10.1 Å². The number of aromatic nitrogens is 2. The zero-order valence-electron chi connectivity index (χ0n) is 16.2. The Morgan fingerprint density at radius 1 is 1.10 bits per heavy atom. The van der Waals surface area contributed by atoms with Gasteiger partial charge >= 0.3 is 6.03 Å². The first-order valence-electron chi connectivity index (χ1n) is 9.15. The van der Waals surface area contributed by atoms with Gasteiger partial charge in [-0.3, -0.25) is 15.0 Å². The first-order valence-corrected chi connectivity index (χ1v) is 9.15. The van der Waals surface area contributed by atoms with Gasteiger partial charge in [-0.1, -0.05) is 42.5 Å². The van der Waals surface area contributed by atoms with Crippen LogP contribution in [0, 0.1) is 12.7 Å². The number of urea groups is 1. The second kappa shape index (κ2) is 7.11. The van der Waals surface area contributed by atoms with Gasteiger partial charge in [0.25, 0.3) is 11.8 Å². The molecule has 4 amide bonds. The summed E-state index contributed by atoms with van der Waals surface area (Å²) >= 11 is 0. The van der Waals surface area contributed by atoms with Crippen LogP contribution in [0.1, 0.15) is 28.5 Å². The molecule has 2 N–H and O–H groups in total. The standard InChI is InChI=1S/C21H18FN5O3/c1-13-15(12-23-26(13)17-11-7-6-10-16(17)22)18(28)25-27-19(29)21(2,24-20(27)30)14-8-4-3-5-9-14/h3-12H,1-2H3,(H,24,30)(H,25,28). The molecule has 30 heavy (non-hydrogen) atoms. The Morgan fingerprint density at radius 2 is 1.77 bits per heavy atom. The van der Waals surface area contributed by atoms with Crippen molar-refractivity contribution < 1.29 is 18.8 Å². The summed E-state index contributed by atoms with van der Waals surface area (Å²) in [6, 6.07) is 14.0. The lowest BCUT2D eigenvalue weighted by atomic mass is 9.92. The van der Waals surface area contributed by atoms with Gasteiger partial charge in [0, 0.05) is 0 Å². The van der Waals surface area contributed by atoms with Gasteiger partial charge in [-0.15, -0.1) is 0 Å². The van der Waals surface area contributed by atoms with Crippen molar-refractivity contribution >= 4 is 17.8 Å². The van der Waals surface area contributed by atoms with Gasteiger partial charge in [0.15, 0.2) is 0 Å². The molecule has 1 unspecified atom stereocenters. The van der Waals surface area contributed by atoms with Gasteiger partial charge in [-0.05, 0) is 31.5 Å². The number of hydrogen-bond acceptors (Lipinski definition) is 4. The molecule has 0 radical (unpaired) electrons. The van der Waals surface area contributed by atoms with E-state index in [9.17, 15) is 18.8 Å². The molecule has 9 heteroatoms. The molecule has 1 aliphatic rings. The number of para-hydroxylation sites is 1. The van der Waals surface area contributed by atoms with E-state index in [1.54, 1.807) is 56.3 Å². The molecule has 0 spiro atoms. The molecular weight excluding hydrogens is 389 g/mol. The lowest BCUT2D eigenvalue weighted by Crippen LogP contribution is -2.48. The normalized spacial score (nSPS) is 18.4. The average Bonchev–Trinajstić information content (AvgIpc) is 3.22. The Labute approximate surface area is 171 Å². The third-order valence-electron chi connectivity index (χ3n) is 5.09. The molecule has 1 atom stereocenters. The lowest BCUT2D eigenvalue weighted by molar-refractivity contribution is -0.132. The number of nitrogens with one attached hydrogen (secondary N) is 2. The summed E-state index contributed by atoms with van der Waals surface area (Å²) in [5.74, 6) is -1.83. The molecule has 1 saturated heterocycles. The molecular formula is C21H18FN5O3. The monoisotopic (exact) mass is 407 g/mol. The first-order chi connectivity index (χ1) is 14.3. The van der Waals surface area contributed by atoms with E-state index in [-0.39, 0.29) is 11.3 Å². The van der Waals surface area contributed by atoms with E-state index in [4.69, 9.17) is 0 Å². The van der Waals surface area contributed by atoms with Crippen molar-refractivity contribution in [3.05, 3.63) is 83.4 Å². The molecule has 1 fully saturated rings. The summed E-state index contributed by atoms with van der Waals surface area (Å²) in [5, 5.41) is 7.33. The number of amides is 4. The van der Waals surface area contributed by atoms with E-state index < -0.39 is 29.2 Å². The van der Waals surface area contributed by atoms with Gasteiger partial charge < -0.3 is 5.32 Å². The van der Waals surface area contributed by atoms with Crippen LogP contribution in [0.25, 0.3) is 5.69 Å². The van der Waals surface area contributed by atoms with Crippen LogP contribution in [-0.2, 0) is 10.3 Å². The van der Waals surface area contributed by atoms with Crippen LogP contribution >= 0.6 is 0 Å². The minimum atomic E-state index is -1.31. The molecule has 0 bridgehead atoms. The Balaban J connectivity index is 1.59. The summed E-state index contributed by atoms with van der Waals surface area (Å²) in [4.78, 5) is 38.1. The number of halogens is 1. The van der Waals surface area contributed by atoms with Crippen LogP contribution in [0.15, 0.2) is 60.8 Å². The van der Waals surface area contributed by atoms with Crippen molar-refractivity contribution in [2.24, 2.45) is 0 Å². The first kappa shape index (κ1) is 19.3. The molecule has 0 aliphatic carbocycles. The van der Waals surface area contributed by atoms with Gasteiger partial charge in [-0.25, -0.2) is 13.9 Å². The fourth-order valence-electron chi connectivity index (χ4n) is 3.37. The van der Waals surface area contributed by atoms with Crippen LogP contribution in [0.5, 0.6) is 0 Å². The van der Waals surface area contributed by atoms with E-state index in [0.29, 0.717) is 16.3 Å². The summed E-state index contributed by atoms with van der Waals surface area (Å²) in [6.45, 7) is 3.16. The van der Waals surface area contributed by atoms with Gasteiger partial charge in [0.2, 0.25) is 0 Å². The highest BCUT2D eigenvalue weighted by Gasteiger charge is 2.50. The molecule has 1 aromatic heterocycles. The number of carbonyl (C=O) groups is 3. The lowest BCUT2D eigenvalue weighted by Gasteiger charge is -2.22. The molecule has 2 aromatic carbocycles. The highest BCUT2D eigenvalue weighted by molar-refractivity contribution is 6.09. The van der Waals surface area contributed by atoms with Crippen molar-refractivity contribution in [2.45, 2.75) is 19.4 Å². The largest absolute Gasteiger partial charge is 0.344 e. The molecule has 0 saturated carbocycles. The second-order valence-electron chi connectivity index (χ2n) is 7.01. The number of imide groups is 1. The second-order valence-corrected chi connectivity index (χ2v) is 7.01. The molecule has 8 nitrogen and oxygen atoms in total. The Morgan fingerprint density at radius 3 is 2.47 bits per heavy atom. The predicted octanol–water partition coefficient (Wildman–Crippen LogP) is 2.43. The van der Waals surface area contributed by atoms with Crippen molar-refractivity contribution in [3.8, 4) is 5.69 Å². The molecule has 152 valence electrons. The van der Waals surface area contributed by atoms with Crippen LogP contribution in [0.2, 0.25) is 0 Å². The molecule has 4 rings (SSSR count). The number of hydrogen-bond donors (Lipinski definition) is 2. The van der Waals surface area contributed by atoms with E-state index >= 15 is 0 Å². The third kappa shape index (κ3) is 3.00. The van der Waals surface area contributed by atoms with Crippen LogP contribution in [0.4, 0.5) is 9.18 Å².